The van der Waals surface area contributed by atoms with Crippen LogP contribution in [-0.4, -0.2) is 5.88 Å². The van der Waals surface area contributed by atoms with Gasteiger partial charge < -0.3 is 4.74 Å². The predicted molar refractivity (Wildman–Crippen MR) is 84.3 cm³/mol. The van der Waals surface area contributed by atoms with Crippen LogP contribution in [0.5, 0.6) is 5.75 Å². The molecule has 2 heteroatoms. The molecular weight excluding hydrogens is 268 g/mol. The molecule has 0 aliphatic rings. The second kappa shape index (κ2) is 7.03. The van der Waals surface area contributed by atoms with Crippen LogP contribution in [0.4, 0.5) is 0 Å². The predicted octanol–water partition coefficient (Wildman–Crippen LogP) is 4.47. The standard InChI is InChI=1S/C18H17ClO/c1-14-6-3-7-15(2)18(14)13-20-17-10-4-8-16(12-17)9-5-11-19/h3-4,6-8,10,12H,11,13H2,1-2H3. The van der Waals surface area contributed by atoms with Crippen LogP contribution in [0, 0.1) is 25.7 Å². The van der Waals surface area contributed by atoms with Gasteiger partial charge in [-0.2, -0.15) is 0 Å². The van der Waals surface area contributed by atoms with E-state index < -0.39 is 0 Å². The summed E-state index contributed by atoms with van der Waals surface area (Å²) in [5.74, 6) is 7.01. The van der Waals surface area contributed by atoms with Crippen LogP contribution in [0.15, 0.2) is 42.5 Å². The van der Waals surface area contributed by atoms with Gasteiger partial charge in [0.1, 0.15) is 12.4 Å². The molecule has 0 amide bonds. The fraction of sp³-hybridized carbons (Fsp3) is 0.222. The van der Waals surface area contributed by atoms with Gasteiger partial charge in [0.2, 0.25) is 0 Å². The van der Waals surface area contributed by atoms with Crippen molar-refractivity contribution >= 4 is 11.6 Å². The van der Waals surface area contributed by atoms with Crippen LogP contribution < -0.4 is 4.74 Å². The molecule has 2 aromatic carbocycles. The first-order chi connectivity index (χ1) is 9.70. The Hall–Kier alpha value is -1.91. The van der Waals surface area contributed by atoms with Crippen molar-refractivity contribution in [1.29, 1.82) is 0 Å². The third kappa shape index (κ3) is 3.79. The maximum absolute atomic E-state index is 5.87. The van der Waals surface area contributed by atoms with Gasteiger partial charge in [0.15, 0.2) is 0 Å². The van der Waals surface area contributed by atoms with Crippen LogP contribution >= 0.6 is 11.6 Å². The van der Waals surface area contributed by atoms with Gasteiger partial charge in [-0.25, -0.2) is 0 Å². The molecule has 0 spiro atoms. The first kappa shape index (κ1) is 14.5. The lowest BCUT2D eigenvalue weighted by Gasteiger charge is -2.11. The summed E-state index contributed by atoms with van der Waals surface area (Å²) in [7, 11) is 0. The molecule has 0 bridgehead atoms. The molecule has 0 aromatic heterocycles. The Morgan fingerprint density at radius 2 is 1.75 bits per heavy atom. The van der Waals surface area contributed by atoms with E-state index in [9.17, 15) is 0 Å². The van der Waals surface area contributed by atoms with Crippen molar-refractivity contribution in [3.8, 4) is 17.6 Å². The van der Waals surface area contributed by atoms with Gasteiger partial charge in [-0.3, -0.25) is 0 Å². The van der Waals surface area contributed by atoms with Crippen molar-refractivity contribution in [2.75, 3.05) is 5.88 Å². The molecule has 0 radical (unpaired) electrons. The lowest BCUT2D eigenvalue weighted by atomic mass is 10.0. The van der Waals surface area contributed by atoms with Crippen molar-refractivity contribution in [2.45, 2.75) is 20.5 Å². The summed E-state index contributed by atoms with van der Waals surface area (Å²) in [5, 5.41) is 0. The SMILES string of the molecule is Cc1cccc(C)c1COc1cccc(C#CCCl)c1. The largest absolute Gasteiger partial charge is 0.489 e. The van der Waals surface area contributed by atoms with Crippen molar-refractivity contribution in [3.63, 3.8) is 0 Å². The first-order valence-electron chi connectivity index (χ1n) is 6.53. The molecule has 0 saturated heterocycles. The van der Waals surface area contributed by atoms with Crippen molar-refractivity contribution in [2.24, 2.45) is 0 Å². The number of rotatable bonds is 3. The molecule has 0 heterocycles. The average Bonchev–Trinajstić information content (AvgIpc) is 2.45. The molecule has 0 aliphatic heterocycles. The number of aryl methyl sites for hydroxylation is 2. The molecule has 1 nitrogen and oxygen atoms in total. The lowest BCUT2D eigenvalue weighted by molar-refractivity contribution is 0.304. The maximum atomic E-state index is 5.87. The highest BCUT2D eigenvalue weighted by Crippen LogP contribution is 2.18. The third-order valence-electron chi connectivity index (χ3n) is 3.16. The van der Waals surface area contributed by atoms with E-state index >= 15 is 0 Å². The summed E-state index contributed by atoms with van der Waals surface area (Å²) in [5.41, 5.74) is 4.67. The zero-order valence-electron chi connectivity index (χ0n) is 11.7. The quantitative estimate of drug-likeness (QED) is 0.597. The normalized spacial score (nSPS) is 9.75. The van der Waals surface area contributed by atoms with E-state index in [1.165, 1.54) is 16.7 Å². The molecule has 0 aliphatic carbocycles. The lowest BCUT2D eigenvalue weighted by Crippen LogP contribution is -2.00. The highest BCUT2D eigenvalue weighted by Gasteiger charge is 2.03. The second-order valence-corrected chi connectivity index (χ2v) is 4.89. The topological polar surface area (TPSA) is 9.23 Å². The van der Waals surface area contributed by atoms with Crippen molar-refractivity contribution in [1.82, 2.24) is 0 Å². The molecule has 102 valence electrons. The van der Waals surface area contributed by atoms with Crippen LogP contribution in [0.2, 0.25) is 0 Å². The molecule has 0 fully saturated rings. The third-order valence-corrected chi connectivity index (χ3v) is 3.29. The summed E-state index contributed by atoms with van der Waals surface area (Å²) in [6.07, 6.45) is 0. The van der Waals surface area contributed by atoms with Crippen LogP contribution in [0.1, 0.15) is 22.3 Å². The van der Waals surface area contributed by atoms with Crippen LogP contribution in [0.25, 0.3) is 0 Å². The number of benzene rings is 2. The second-order valence-electron chi connectivity index (χ2n) is 4.62. The molecule has 2 rings (SSSR count). The smallest absolute Gasteiger partial charge is 0.121 e. The Morgan fingerprint density at radius 3 is 2.45 bits per heavy atom. The first-order valence-corrected chi connectivity index (χ1v) is 7.07. The minimum absolute atomic E-state index is 0.341. The molecule has 0 unspecified atom stereocenters. The van der Waals surface area contributed by atoms with Gasteiger partial charge in [0.25, 0.3) is 0 Å². The Labute approximate surface area is 125 Å². The molecular formula is C18H17ClO. The minimum atomic E-state index is 0.341. The summed E-state index contributed by atoms with van der Waals surface area (Å²) in [4.78, 5) is 0. The molecule has 20 heavy (non-hydrogen) atoms. The van der Waals surface area contributed by atoms with E-state index in [-0.39, 0.29) is 0 Å². The van der Waals surface area contributed by atoms with Gasteiger partial charge in [-0.1, -0.05) is 36.1 Å². The summed E-state index contributed by atoms with van der Waals surface area (Å²) < 4.78 is 5.87. The average molecular weight is 285 g/mol. The van der Waals surface area contributed by atoms with Crippen molar-refractivity contribution in [3.05, 3.63) is 64.7 Å². The molecule has 2 aromatic rings. The fourth-order valence-electron chi connectivity index (χ4n) is 2.03. The number of alkyl halides is 1. The van der Waals surface area contributed by atoms with E-state index in [1.54, 1.807) is 0 Å². The van der Waals surface area contributed by atoms with Crippen LogP contribution in [-0.2, 0) is 6.61 Å². The van der Waals surface area contributed by atoms with Crippen LogP contribution in [0.3, 0.4) is 0 Å². The molecule has 0 saturated carbocycles. The zero-order chi connectivity index (χ0) is 14.4. The minimum Gasteiger partial charge on any atom is -0.489 e. The van der Waals surface area contributed by atoms with Gasteiger partial charge >= 0.3 is 0 Å². The van der Waals surface area contributed by atoms with Gasteiger partial charge in [-0.15, -0.1) is 11.6 Å². The number of hydrogen-bond acceptors (Lipinski definition) is 1. The molecule has 0 atom stereocenters. The van der Waals surface area contributed by atoms with Gasteiger partial charge in [0.05, 0.1) is 5.88 Å². The number of halogens is 1. The van der Waals surface area contributed by atoms with E-state index in [2.05, 4.69) is 43.9 Å². The van der Waals surface area contributed by atoms with Crippen molar-refractivity contribution < 1.29 is 4.74 Å². The number of hydrogen-bond donors (Lipinski definition) is 0. The molecule has 0 N–H and O–H groups in total. The zero-order valence-corrected chi connectivity index (χ0v) is 12.5. The Bertz CT molecular complexity index is 630. The van der Waals surface area contributed by atoms with E-state index in [1.807, 2.05) is 24.3 Å². The van der Waals surface area contributed by atoms with Gasteiger partial charge in [0, 0.05) is 5.56 Å². The Kier molecular flexibility index (Phi) is 5.09. The summed E-state index contributed by atoms with van der Waals surface area (Å²) in [6.45, 7) is 4.78. The monoisotopic (exact) mass is 284 g/mol. The van der Waals surface area contributed by atoms with Gasteiger partial charge in [-0.05, 0) is 48.7 Å². The van der Waals surface area contributed by atoms with E-state index in [4.69, 9.17) is 16.3 Å². The summed E-state index contributed by atoms with van der Waals surface area (Å²) in [6, 6.07) is 14.1. The maximum Gasteiger partial charge on any atom is 0.121 e. The van der Waals surface area contributed by atoms with E-state index in [0.29, 0.717) is 12.5 Å². The highest BCUT2D eigenvalue weighted by atomic mass is 35.5. The highest BCUT2D eigenvalue weighted by molar-refractivity contribution is 6.19. The number of ether oxygens (including phenoxy) is 1. The fourth-order valence-corrected chi connectivity index (χ4v) is 2.10. The Morgan fingerprint density at radius 1 is 1.05 bits per heavy atom. The summed E-state index contributed by atoms with van der Waals surface area (Å²) >= 11 is 5.56. The van der Waals surface area contributed by atoms with E-state index in [0.717, 1.165) is 11.3 Å². The Balaban J connectivity index is 2.11.